The number of nitrogens with one attached hydrogen (secondary N) is 1. The predicted molar refractivity (Wildman–Crippen MR) is 122 cm³/mol. The van der Waals surface area contributed by atoms with Crippen LogP contribution < -0.4 is 16.6 Å². The van der Waals surface area contributed by atoms with E-state index in [0.717, 1.165) is 10.1 Å². The number of anilines is 1. The zero-order valence-corrected chi connectivity index (χ0v) is 18.7. The van der Waals surface area contributed by atoms with Gasteiger partial charge in [-0.05, 0) is 18.2 Å². The number of carbonyl (C=O) groups excluding carboxylic acids is 1. The molecule has 4 rings (SSSR count). The van der Waals surface area contributed by atoms with Crippen LogP contribution in [0.2, 0.25) is 10.0 Å². The lowest BCUT2D eigenvalue weighted by Crippen LogP contribution is -2.37. The minimum absolute atomic E-state index is 0.146. The minimum atomic E-state index is -0.495. The lowest BCUT2D eigenvalue weighted by Gasteiger charge is -2.10. The van der Waals surface area contributed by atoms with Crippen LogP contribution in [-0.4, -0.2) is 25.0 Å². The van der Waals surface area contributed by atoms with Crippen molar-refractivity contribution in [2.45, 2.75) is 6.42 Å². The maximum Gasteiger partial charge on any atom is 0.330 e. The fraction of sp³-hybridized carbons (Fsp3) is 0.150. The number of pyridine rings is 1. The molecule has 0 aliphatic rings. The summed E-state index contributed by atoms with van der Waals surface area (Å²) in [5.41, 5.74) is 1.17. The number of carbonyl (C=O) groups is 1. The molecule has 0 saturated carbocycles. The van der Waals surface area contributed by atoms with E-state index in [4.69, 9.17) is 23.2 Å². The van der Waals surface area contributed by atoms with E-state index in [9.17, 15) is 14.4 Å². The molecule has 3 heterocycles. The van der Waals surface area contributed by atoms with Crippen molar-refractivity contribution < 1.29 is 4.79 Å². The van der Waals surface area contributed by atoms with Gasteiger partial charge in [0.2, 0.25) is 5.91 Å². The highest BCUT2D eigenvalue weighted by Gasteiger charge is 2.17. The van der Waals surface area contributed by atoms with Crippen LogP contribution >= 0.6 is 34.5 Å². The first-order chi connectivity index (χ1) is 14.8. The predicted octanol–water partition coefficient (Wildman–Crippen LogP) is 3.24. The highest BCUT2D eigenvalue weighted by molar-refractivity contribution is 7.14. The van der Waals surface area contributed by atoms with Crippen LogP contribution in [0, 0.1) is 0 Å². The molecular formula is C20H15Cl2N5O3S. The fourth-order valence-corrected chi connectivity index (χ4v) is 4.19. The number of aromatic nitrogens is 4. The van der Waals surface area contributed by atoms with Gasteiger partial charge < -0.3 is 5.32 Å². The first kappa shape index (κ1) is 21.2. The van der Waals surface area contributed by atoms with E-state index in [1.807, 2.05) is 0 Å². The number of aryl methyl sites for hydroxylation is 1. The number of amides is 1. The summed E-state index contributed by atoms with van der Waals surface area (Å²) >= 11 is 13.3. The quantitative estimate of drug-likeness (QED) is 0.488. The molecule has 0 fully saturated rings. The first-order valence-electron chi connectivity index (χ1n) is 9.00. The smallest absolute Gasteiger partial charge is 0.302 e. The molecule has 3 aromatic heterocycles. The Labute approximate surface area is 189 Å². The number of thiazole rings is 1. The number of halogens is 2. The van der Waals surface area contributed by atoms with Gasteiger partial charge >= 0.3 is 5.69 Å². The van der Waals surface area contributed by atoms with E-state index in [1.165, 1.54) is 29.1 Å². The van der Waals surface area contributed by atoms with Crippen molar-refractivity contribution in [3.8, 4) is 11.3 Å². The summed E-state index contributed by atoms with van der Waals surface area (Å²) in [6.07, 6.45) is 1.32. The average molecular weight is 476 g/mol. The van der Waals surface area contributed by atoms with Gasteiger partial charge in [-0.25, -0.2) is 9.78 Å². The minimum Gasteiger partial charge on any atom is -0.302 e. The van der Waals surface area contributed by atoms with Crippen molar-refractivity contribution in [2.75, 3.05) is 5.32 Å². The van der Waals surface area contributed by atoms with E-state index in [-0.39, 0.29) is 23.4 Å². The Hall–Kier alpha value is -3.01. The Morgan fingerprint density at radius 3 is 2.65 bits per heavy atom. The summed E-state index contributed by atoms with van der Waals surface area (Å²) in [4.78, 5) is 46.0. The summed E-state index contributed by atoms with van der Waals surface area (Å²) in [7, 11) is 2.95. The van der Waals surface area contributed by atoms with Crippen LogP contribution in [0.4, 0.5) is 5.13 Å². The largest absolute Gasteiger partial charge is 0.330 e. The Morgan fingerprint density at radius 1 is 1.13 bits per heavy atom. The molecule has 0 radical (unpaired) electrons. The lowest BCUT2D eigenvalue weighted by atomic mass is 10.1. The second kappa shape index (κ2) is 8.26. The van der Waals surface area contributed by atoms with Crippen molar-refractivity contribution in [3.05, 3.63) is 72.4 Å². The number of hydrogen-bond donors (Lipinski definition) is 1. The summed E-state index contributed by atoms with van der Waals surface area (Å²) in [6, 6.07) is 6.74. The highest BCUT2D eigenvalue weighted by Crippen LogP contribution is 2.30. The van der Waals surface area contributed by atoms with Gasteiger partial charge in [0.25, 0.3) is 5.56 Å². The van der Waals surface area contributed by atoms with Crippen LogP contribution in [-0.2, 0) is 25.3 Å². The van der Waals surface area contributed by atoms with Crippen molar-refractivity contribution >= 4 is 56.5 Å². The van der Waals surface area contributed by atoms with Crippen LogP contribution in [0.5, 0.6) is 0 Å². The van der Waals surface area contributed by atoms with Crippen LogP contribution in [0.25, 0.3) is 22.2 Å². The second-order valence-electron chi connectivity index (χ2n) is 6.75. The molecule has 0 aliphatic heterocycles. The van der Waals surface area contributed by atoms with E-state index in [1.54, 1.807) is 36.7 Å². The molecule has 4 aromatic rings. The van der Waals surface area contributed by atoms with E-state index in [0.29, 0.717) is 26.4 Å². The second-order valence-corrected chi connectivity index (χ2v) is 8.42. The van der Waals surface area contributed by atoms with Crippen LogP contribution in [0.15, 0.2) is 45.4 Å². The summed E-state index contributed by atoms with van der Waals surface area (Å²) < 4.78 is 2.35. The molecule has 1 amide bonds. The molecule has 1 N–H and O–H groups in total. The van der Waals surface area contributed by atoms with E-state index < -0.39 is 11.2 Å². The van der Waals surface area contributed by atoms with Gasteiger partial charge in [0, 0.05) is 31.2 Å². The maximum atomic E-state index is 12.6. The van der Waals surface area contributed by atoms with Crippen LogP contribution in [0.3, 0.4) is 0 Å². The molecule has 0 spiro atoms. The van der Waals surface area contributed by atoms with Gasteiger partial charge in [-0.3, -0.25) is 23.7 Å². The highest BCUT2D eigenvalue weighted by atomic mass is 35.5. The molecule has 1 aromatic carbocycles. The maximum absolute atomic E-state index is 12.6. The molecule has 158 valence electrons. The van der Waals surface area contributed by atoms with Gasteiger partial charge in [-0.2, -0.15) is 0 Å². The SMILES string of the molecule is Cn1c(=O)c2c(CC(=O)Nc3nc(-c4ccc(Cl)c(Cl)c4)cs3)nccc2n(C)c1=O. The summed E-state index contributed by atoms with van der Waals surface area (Å²) in [5.74, 6) is -0.383. The van der Waals surface area contributed by atoms with Crippen molar-refractivity contribution in [1.29, 1.82) is 0 Å². The van der Waals surface area contributed by atoms with Crippen LogP contribution in [0.1, 0.15) is 5.69 Å². The molecule has 8 nitrogen and oxygen atoms in total. The normalized spacial score (nSPS) is 11.1. The summed E-state index contributed by atoms with van der Waals surface area (Å²) in [5, 5.41) is 6.00. The van der Waals surface area contributed by atoms with Crippen molar-refractivity contribution in [2.24, 2.45) is 14.1 Å². The molecule has 0 saturated heterocycles. The number of benzene rings is 1. The molecule has 0 unspecified atom stereocenters. The van der Waals surface area contributed by atoms with Gasteiger partial charge in [0.15, 0.2) is 5.13 Å². The van der Waals surface area contributed by atoms with Crippen molar-refractivity contribution in [3.63, 3.8) is 0 Å². The Morgan fingerprint density at radius 2 is 1.90 bits per heavy atom. The molecule has 11 heteroatoms. The molecule has 0 bridgehead atoms. The third kappa shape index (κ3) is 3.99. The number of nitrogens with zero attached hydrogens (tertiary/aromatic N) is 4. The molecule has 31 heavy (non-hydrogen) atoms. The fourth-order valence-electron chi connectivity index (χ4n) is 3.16. The van der Waals surface area contributed by atoms with Gasteiger partial charge in [0.05, 0.1) is 38.8 Å². The number of hydrogen-bond acceptors (Lipinski definition) is 6. The Bertz CT molecular complexity index is 1460. The standard InChI is InChI=1S/C20H15Cl2N5O3S/c1-26-15-5-6-23-13(17(15)18(29)27(2)20(26)30)8-16(28)25-19-24-14(9-31-19)10-3-4-11(21)12(22)7-10/h3-7,9H,8H2,1-2H3,(H,24,25,28). The average Bonchev–Trinajstić information content (AvgIpc) is 3.20. The van der Waals surface area contributed by atoms with Gasteiger partial charge in [-0.15, -0.1) is 11.3 Å². The zero-order chi connectivity index (χ0) is 22.3. The monoisotopic (exact) mass is 475 g/mol. The number of fused-ring (bicyclic) bond motifs is 1. The molecule has 0 atom stereocenters. The lowest BCUT2D eigenvalue weighted by molar-refractivity contribution is -0.115. The van der Waals surface area contributed by atoms with Gasteiger partial charge in [-0.1, -0.05) is 29.3 Å². The summed E-state index contributed by atoms with van der Waals surface area (Å²) in [6.45, 7) is 0. The third-order valence-electron chi connectivity index (χ3n) is 4.76. The van der Waals surface area contributed by atoms with Crippen molar-refractivity contribution in [1.82, 2.24) is 19.1 Å². The van der Waals surface area contributed by atoms with E-state index in [2.05, 4.69) is 15.3 Å². The Kier molecular flexibility index (Phi) is 5.65. The zero-order valence-electron chi connectivity index (χ0n) is 16.3. The molecule has 0 aliphatic carbocycles. The third-order valence-corrected chi connectivity index (χ3v) is 6.25. The Balaban J connectivity index is 1.60. The first-order valence-corrected chi connectivity index (χ1v) is 10.6. The van der Waals surface area contributed by atoms with Gasteiger partial charge in [0.1, 0.15) is 0 Å². The molecular weight excluding hydrogens is 461 g/mol. The van der Waals surface area contributed by atoms with E-state index >= 15 is 0 Å². The topological polar surface area (TPSA) is 98.9 Å². The number of rotatable bonds is 4.